The van der Waals surface area contributed by atoms with E-state index in [1.165, 1.54) is 0 Å². The molecule has 5 heteroatoms. The zero-order valence-corrected chi connectivity index (χ0v) is 15.6. The number of carbonyl (C=O) groups is 2. The number of nitrogens with one attached hydrogen (secondary N) is 2. The molecule has 0 saturated carbocycles. The van der Waals surface area contributed by atoms with Crippen LogP contribution >= 0.6 is 0 Å². The van der Waals surface area contributed by atoms with Crippen molar-refractivity contribution in [3.63, 3.8) is 0 Å². The minimum absolute atomic E-state index is 0.191. The van der Waals surface area contributed by atoms with Crippen LogP contribution in [-0.2, 0) is 11.2 Å². The Morgan fingerprint density at radius 3 is 2.74 bits per heavy atom. The zero-order chi connectivity index (χ0) is 19.1. The molecule has 2 heterocycles. The average molecular weight is 359 g/mol. The van der Waals surface area contributed by atoms with Gasteiger partial charge in [-0.15, -0.1) is 0 Å². The van der Waals surface area contributed by atoms with E-state index in [1.54, 1.807) is 6.07 Å². The molecule has 27 heavy (non-hydrogen) atoms. The van der Waals surface area contributed by atoms with Crippen LogP contribution in [0.5, 0.6) is 0 Å². The number of amides is 2. The molecule has 1 atom stereocenters. The number of fused-ring (bicyclic) bond motifs is 2. The van der Waals surface area contributed by atoms with Crippen LogP contribution in [0.25, 0.3) is 10.9 Å². The second-order valence-electron chi connectivity index (χ2n) is 7.09. The van der Waals surface area contributed by atoms with E-state index in [4.69, 9.17) is 0 Å². The fourth-order valence-electron chi connectivity index (χ4n) is 3.55. The van der Waals surface area contributed by atoms with Crippen molar-refractivity contribution in [2.24, 2.45) is 0 Å². The lowest BCUT2D eigenvalue weighted by molar-refractivity contribution is -0.118. The van der Waals surface area contributed by atoms with E-state index in [0.29, 0.717) is 12.0 Å². The van der Waals surface area contributed by atoms with Gasteiger partial charge in [-0.2, -0.15) is 0 Å². The fourth-order valence-corrected chi connectivity index (χ4v) is 3.55. The van der Waals surface area contributed by atoms with Crippen LogP contribution in [0.4, 0.5) is 5.69 Å². The number of nitrogens with zero attached hydrogens (tertiary/aromatic N) is 1. The van der Waals surface area contributed by atoms with E-state index in [0.717, 1.165) is 39.0 Å². The number of rotatable bonds is 2. The van der Waals surface area contributed by atoms with Gasteiger partial charge in [0, 0.05) is 23.2 Å². The summed E-state index contributed by atoms with van der Waals surface area (Å²) in [5.74, 6) is -0.447. The summed E-state index contributed by atoms with van der Waals surface area (Å²) >= 11 is 0. The van der Waals surface area contributed by atoms with Crippen molar-refractivity contribution in [3.8, 4) is 0 Å². The monoisotopic (exact) mass is 359 g/mol. The highest BCUT2D eigenvalue weighted by Gasteiger charge is 2.28. The Labute approximate surface area is 157 Å². The number of pyridine rings is 1. The summed E-state index contributed by atoms with van der Waals surface area (Å²) in [6.07, 6.45) is 0.480. The van der Waals surface area contributed by atoms with Crippen molar-refractivity contribution in [1.29, 1.82) is 0 Å². The number of benzene rings is 2. The highest BCUT2D eigenvalue weighted by molar-refractivity contribution is 6.09. The lowest BCUT2D eigenvalue weighted by atomic mass is 9.97. The Hall–Kier alpha value is -3.21. The fraction of sp³-hybridized carbons (Fsp3) is 0.227. The summed E-state index contributed by atoms with van der Waals surface area (Å²) in [5, 5.41) is 6.57. The maximum absolute atomic E-state index is 13.0. The van der Waals surface area contributed by atoms with Crippen molar-refractivity contribution in [3.05, 3.63) is 70.4 Å². The Balaban J connectivity index is 1.68. The van der Waals surface area contributed by atoms with Crippen LogP contribution in [0.15, 0.2) is 42.5 Å². The third kappa shape index (κ3) is 3.05. The number of hydrogen-bond donors (Lipinski definition) is 2. The summed E-state index contributed by atoms with van der Waals surface area (Å²) in [5.41, 5.74) is 6.18. The van der Waals surface area contributed by atoms with E-state index in [9.17, 15) is 9.59 Å². The van der Waals surface area contributed by atoms with Gasteiger partial charge in [-0.3, -0.25) is 14.6 Å². The van der Waals surface area contributed by atoms with Gasteiger partial charge in [-0.1, -0.05) is 30.3 Å². The van der Waals surface area contributed by atoms with Crippen molar-refractivity contribution in [2.45, 2.75) is 33.2 Å². The number of para-hydroxylation sites is 1. The average Bonchev–Trinajstić information content (AvgIpc) is 2.65. The Morgan fingerprint density at radius 1 is 1.15 bits per heavy atom. The number of aromatic nitrogens is 1. The first-order chi connectivity index (χ1) is 12.9. The van der Waals surface area contributed by atoms with E-state index in [-0.39, 0.29) is 11.8 Å². The lowest BCUT2D eigenvalue weighted by Crippen LogP contribution is -2.47. The van der Waals surface area contributed by atoms with Crippen molar-refractivity contribution >= 4 is 28.4 Å². The summed E-state index contributed by atoms with van der Waals surface area (Å²) in [7, 11) is 0. The maximum atomic E-state index is 13.0. The summed E-state index contributed by atoms with van der Waals surface area (Å²) < 4.78 is 0. The molecule has 1 aliphatic rings. The summed E-state index contributed by atoms with van der Waals surface area (Å²) in [4.78, 5) is 30.0. The van der Waals surface area contributed by atoms with Crippen molar-refractivity contribution < 1.29 is 9.59 Å². The Bertz CT molecular complexity index is 1090. The molecule has 0 saturated heterocycles. The van der Waals surface area contributed by atoms with Crippen molar-refractivity contribution in [1.82, 2.24) is 10.3 Å². The van der Waals surface area contributed by atoms with Gasteiger partial charge in [0.25, 0.3) is 5.91 Å². The SMILES string of the molecule is Cc1cc(C(=O)N[C@H]2Cc3ccccc3NC2=O)c2ccc(C)c(C)c2n1. The molecule has 1 aromatic heterocycles. The molecule has 0 fully saturated rings. The summed E-state index contributed by atoms with van der Waals surface area (Å²) in [6.45, 7) is 5.92. The number of aryl methyl sites for hydroxylation is 3. The van der Waals surface area contributed by atoms with Gasteiger partial charge in [0.2, 0.25) is 5.91 Å². The molecule has 4 rings (SSSR count). The molecule has 1 aliphatic heterocycles. The van der Waals surface area contributed by atoms with Crippen LogP contribution in [-0.4, -0.2) is 22.8 Å². The van der Waals surface area contributed by atoms with E-state index in [2.05, 4.69) is 15.6 Å². The van der Waals surface area contributed by atoms with Crippen LogP contribution in [0, 0.1) is 20.8 Å². The first-order valence-electron chi connectivity index (χ1n) is 9.01. The van der Waals surface area contributed by atoms with Gasteiger partial charge in [0.1, 0.15) is 6.04 Å². The second-order valence-corrected chi connectivity index (χ2v) is 7.09. The molecule has 2 N–H and O–H groups in total. The topological polar surface area (TPSA) is 71.1 Å². The van der Waals surface area contributed by atoms with Gasteiger partial charge in [0.05, 0.1) is 11.1 Å². The second kappa shape index (κ2) is 6.50. The molecular formula is C22H21N3O2. The smallest absolute Gasteiger partial charge is 0.252 e. The van der Waals surface area contributed by atoms with Crippen molar-refractivity contribution in [2.75, 3.05) is 5.32 Å². The summed E-state index contributed by atoms with van der Waals surface area (Å²) in [6, 6.07) is 12.8. The van der Waals surface area contributed by atoms with Crippen LogP contribution in [0.3, 0.4) is 0 Å². The Kier molecular flexibility index (Phi) is 4.15. The van der Waals surface area contributed by atoms with Crippen LogP contribution in [0.1, 0.15) is 32.7 Å². The normalized spacial score (nSPS) is 16.0. The largest absolute Gasteiger partial charge is 0.340 e. The quantitative estimate of drug-likeness (QED) is 0.736. The van der Waals surface area contributed by atoms with Gasteiger partial charge in [0.15, 0.2) is 0 Å². The van der Waals surface area contributed by atoms with E-state index < -0.39 is 6.04 Å². The van der Waals surface area contributed by atoms with Crippen LogP contribution in [0.2, 0.25) is 0 Å². The number of carbonyl (C=O) groups excluding carboxylic acids is 2. The predicted molar refractivity (Wildman–Crippen MR) is 106 cm³/mol. The number of hydrogen-bond acceptors (Lipinski definition) is 3. The Morgan fingerprint density at radius 2 is 1.93 bits per heavy atom. The molecule has 3 aromatic rings. The first-order valence-corrected chi connectivity index (χ1v) is 9.01. The zero-order valence-electron chi connectivity index (χ0n) is 15.6. The van der Waals surface area contributed by atoms with Crippen LogP contribution < -0.4 is 10.6 Å². The van der Waals surface area contributed by atoms with Gasteiger partial charge in [-0.05, 0) is 49.6 Å². The maximum Gasteiger partial charge on any atom is 0.252 e. The van der Waals surface area contributed by atoms with Gasteiger partial charge in [-0.25, -0.2) is 0 Å². The van der Waals surface area contributed by atoms with E-state index in [1.807, 2.05) is 57.2 Å². The molecule has 2 amide bonds. The third-order valence-corrected chi connectivity index (χ3v) is 5.20. The molecule has 0 spiro atoms. The molecule has 136 valence electrons. The molecule has 0 radical (unpaired) electrons. The molecule has 0 aliphatic carbocycles. The molecule has 0 unspecified atom stereocenters. The highest BCUT2D eigenvalue weighted by Crippen LogP contribution is 2.25. The standard InChI is InChI=1S/C22H21N3O2/c1-12-8-9-16-17(10-13(2)23-20(16)14(12)3)21(26)25-19-11-15-6-4-5-7-18(15)24-22(19)27/h4-10,19H,11H2,1-3H3,(H,24,27)(H,25,26)/t19-/m0/s1. The lowest BCUT2D eigenvalue weighted by Gasteiger charge is -2.25. The number of anilines is 1. The minimum Gasteiger partial charge on any atom is -0.340 e. The third-order valence-electron chi connectivity index (χ3n) is 5.20. The molecule has 5 nitrogen and oxygen atoms in total. The minimum atomic E-state index is -0.595. The highest BCUT2D eigenvalue weighted by atomic mass is 16.2. The first kappa shape index (κ1) is 17.2. The molecule has 0 bridgehead atoms. The van der Waals surface area contributed by atoms with Gasteiger partial charge >= 0.3 is 0 Å². The molecular weight excluding hydrogens is 338 g/mol. The predicted octanol–water partition coefficient (Wildman–Crippen LogP) is 3.45. The van der Waals surface area contributed by atoms with Gasteiger partial charge < -0.3 is 10.6 Å². The van der Waals surface area contributed by atoms with E-state index >= 15 is 0 Å². The molecule has 2 aromatic carbocycles.